The van der Waals surface area contributed by atoms with Crippen molar-refractivity contribution in [2.75, 3.05) is 0 Å². The van der Waals surface area contributed by atoms with Crippen LogP contribution in [-0.4, -0.2) is 39.6 Å². The molecular weight excluding hydrogens is 432 g/mol. The largest absolute Gasteiger partial charge is 0.507 e. The molecule has 1 unspecified atom stereocenters. The van der Waals surface area contributed by atoms with Crippen LogP contribution < -0.4 is 9.47 Å². The summed E-state index contributed by atoms with van der Waals surface area (Å²) in [7, 11) is 0. The van der Waals surface area contributed by atoms with Gasteiger partial charge in [-0.25, -0.2) is 0 Å². The van der Waals surface area contributed by atoms with E-state index in [1.165, 1.54) is 6.07 Å². The summed E-state index contributed by atoms with van der Waals surface area (Å²) in [6.07, 6.45) is 4.53. The van der Waals surface area contributed by atoms with Gasteiger partial charge in [0.05, 0.1) is 5.60 Å². The Kier molecular flexibility index (Phi) is 3.96. The number of aromatic hydroxyl groups is 1. The minimum Gasteiger partial charge on any atom is -0.507 e. The number of allylic oxidation sites excluding steroid dienone is 2. The molecule has 0 aromatic heterocycles. The van der Waals surface area contributed by atoms with Crippen LogP contribution in [0.25, 0.3) is 0 Å². The lowest BCUT2D eigenvalue weighted by Gasteiger charge is -2.56. The van der Waals surface area contributed by atoms with Crippen LogP contribution in [-0.2, 0) is 14.9 Å². The average molecular weight is 465 g/mol. The zero-order chi connectivity index (χ0) is 24.6. The molecule has 0 radical (unpaired) electrons. The van der Waals surface area contributed by atoms with Gasteiger partial charge < -0.3 is 19.3 Å². The highest BCUT2D eigenvalue weighted by Gasteiger charge is 2.81. The van der Waals surface area contributed by atoms with Crippen molar-refractivity contribution < 1.29 is 28.9 Å². The maximum Gasteiger partial charge on any atom is 0.200 e. The van der Waals surface area contributed by atoms with E-state index in [0.717, 1.165) is 11.1 Å². The van der Waals surface area contributed by atoms with Gasteiger partial charge in [0.25, 0.3) is 0 Å². The standard InChI is InChI=1S/C28H32O6/c1-13(2)8-9-27-24(31)15-10-16-22(30)20-17(29)12-18-21(25(4,5)14(3)32-18)23(20)33-28(16,27)19(11-15)26(6,7)34-27/h8,10,12,14-15,19,29H,9,11H2,1-7H3/t14-,15+,19?,27-,28+/m1/s1. The first-order chi connectivity index (χ1) is 15.8. The Morgan fingerprint density at radius 3 is 2.59 bits per heavy atom. The monoisotopic (exact) mass is 464 g/mol. The number of phenols is 1. The minimum absolute atomic E-state index is 0.0208. The SMILES string of the molecule is CC(C)=CC[C@]12OC(C)(C)C3C[C@H](C=C4C(=O)c5c(O)cc6c(c5O[C@@]431)C(C)(C)[C@@H](C)O6)C2=O. The number of carbonyl (C=O) groups is 2. The summed E-state index contributed by atoms with van der Waals surface area (Å²) in [5.41, 5.74) is -1.22. The molecule has 0 amide bonds. The van der Waals surface area contributed by atoms with Crippen LogP contribution >= 0.6 is 0 Å². The topological polar surface area (TPSA) is 82.1 Å². The van der Waals surface area contributed by atoms with Crippen molar-refractivity contribution in [1.29, 1.82) is 0 Å². The Balaban J connectivity index is 1.68. The van der Waals surface area contributed by atoms with Crippen LogP contribution in [0.1, 0.15) is 77.2 Å². The number of rotatable bonds is 2. The van der Waals surface area contributed by atoms with Gasteiger partial charge in [0.15, 0.2) is 22.8 Å². The summed E-state index contributed by atoms with van der Waals surface area (Å²) in [6.45, 7) is 14.0. The molecular formula is C28H32O6. The van der Waals surface area contributed by atoms with Crippen molar-refractivity contribution in [1.82, 2.24) is 0 Å². The van der Waals surface area contributed by atoms with Gasteiger partial charge in [0, 0.05) is 40.9 Å². The second-order valence-electron chi connectivity index (χ2n) is 12.0. The van der Waals surface area contributed by atoms with Crippen LogP contribution in [0.4, 0.5) is 0 Å². The van der Waals surface area contributed by atoms with Gasteiger partial charge in [-0.05, 0) is 41.0 Å². The van der Waals surface area contributed by atoms with Gasteiger partial charge in [-0.1, -0.05) is 31.6 Å². The zero-order valence-electron chi connectivity index (χ0n) is 20.9. The van der Waals surface area contributed by atoms with E-state index in [1.807, 2.05) is 40.7 Å². The molecule has 1 aromatic carbocycles. The predicted molar refractivity (Wildman–Crippen MR) is 126 cm³/mol. The van der Waals surface area contributed by atoms with Crippen molar-refractivity contribution in [3.05, 3.63) is 40.5 Å². The molecule has 6 aliphatic rings. The molecule has 6 heteroatoms. The minimum atomic E-state index is -1.30. The molecule has 3 aliphatic heterocycles. The number of fused-ring (bicyclic) bond motifs is 3. The lowest BCUT2D eigenvalue weighted by molar-refractivity contribution is -0.171. The van der Waals surface area contributed by atoms with Crippen molar-refractivity contribution in [3.63, 3.8) is 0 Å². The summed E-state index contributed by atoms with van der Waals surface area (Å²) in [4.78, 5) is 28.1. The van der Waals surface area contributed by atoms with Crippen LogP contribution in [0.2, 0.25) is 0 Å². The average Bonchev–Trinajstić information content (AvgIpc) is 3.05. The van der Waals surface area contributed by atoms with Crippen molar-refractivity contribution in [2.24, 2.45) is 11.8 Å². The first kappa shape index (κ1) is 21.9. The first-order valence-electron chi connectivity index (χ1n) is 12.2. The van der Waals surface area contributed by atoms with E-state index in [0.29, 0.717) is 29.9 Å². The number of benzene rings is 1. The van der Waals surface area contributed by atoms with Gasteiger partial charge in [-0.2, -0.15) is 0 Å². The smallest absolute Gasteiger partial charge is 0.200 e. The number of hydrogen-bond acceptors (Lipinski definition) is 6. The Morgan fingerprint density at radius 2 is 1.91 bits per heavy atom. The van der Waals surface area contributed by atoms with E-state index in [2.05, 4.69) is 13.8 Å². The van der Waals surface area contributed by atoms with Gasteiger partial charge in [0.2, 0.25) is 0 Å². The molecule has 7 rings (SSSR count). The molecule has 3 heterocycles. The second kappa shape index (κ2) is 6.14. The van der Waals surface area contributed by atoms with Gasteiger partial charge in [-0.15, -0.1) is 0 Å². The molecule has 1 saturated carbocycles. The molecule has 1 N–H and O–H groups in total. The zero-order valence-corrected chi connectivity index (χ0v) is 20.9. The molecule has 1 saturated heterocycles. The van der Waals surface area contributed by atoms with Crippen LogP contribution in [0.3, 0.4) is 0 Å². The molecule has 34 heavy (non-hydrogen) atoms. The number of ether oxygens (including phenoxy) is 3. The van der Waals surface area contributed by atoms with Crippen molar-refractivity contribution in [3.8, 4) is 17.2 Å². The van der Waals surface area contributed by atoms with Gasteiger partial charge in [0.1, 0.15) is 28.9 Å². The molecule has 2 fully saturated rings. The third kappa shape index (κ3) is 2.22. The summed E-state index contributed by atoms with van der Waals surface area (Å²) in [5, 5.41) is 10.9. The van der Waals surface area contributed by atoms with E-state index >= 15 is 0 Å². The Labute approximate surface area is 200 Å². The number of hydrogen-bond donors (Lipinski definition) is 1. The van der Waals surface area contributed by atoms with E-state index in [-0.39, 0.29) is 34.9 Å². The lowest BCUT2D eigenvalue weighted by atomic mass is 9.51. The third-order valence-electron chi connectivity index (χ3n) is 9.08. The highest BCUT2D eigenvalue weighted by atomic mass is 16.6. The summed E-state index contributed by atoms with van der Waals surface area (Å²) in [5.74, 6) is -0.182. The summed E-state index contributed by atoms with van der Waals surface area (Å²) >= 11 is 0. The lowest BCUT2D eigenvalue weighted by Crippen LogP contribution is -2.72. The highest BCUT2D eigenvalue weighted by Crippen LogP contribution is 2.69. The fourth-order valence-electron chi connectivity index (χ4n) is 7.16. The fraction of sp³-hybridized carbons (Fsp3) is 0.571. The number of phenolic OH excluding ortho intramolecular Hbond substituents is 1. The molecule has 180 valence electrons. The predicted octanol–water partition coefficient (Wildman–Crippen LogP) is 4.81. The third-order valence-corrected chi connectivity index (χ3v) is 9.08. The van der Waals surface area contributed by atoms with Crippen LogP contribution in [0, 0.1) is 11.8 Å². The summed E-state index contributed by atoms with van der Waals surface area (Å²) in [6, 6.07) is 1.53. The quantitative estimate of drug-likeness (QED) is 0.633. The van der Waals surface area contributed by atoms with E-state index in [4.69, 9.17) is 14.2 Å². The first-order valence-corrected chi connectivity index (χ1v) is 12.2. The number of Topliss-reactive ketones (excluding diaryl/α,β-unsaturated/α-hetero) is 2. The van der Waals surface area contributed by atoms with E-state index in [1.54, 1.807) is 6.08 Å². The second-order valence-corrected chi connectivity index (χ2v) is 12.0. The van der Waals surface area contributed by atoms with E-state index in [9.17, 15) is 14.7 Å². The molecule has 3 aliphatic carbocycles. The maximum atomic E-state index is 14.1. The molecule has 4 bridgehead atoms. The molecule has 1 aromatic rings. The maximum absolute atomic E-state index is 14.1. The van der Waals surface area contributed by atoms with Gasteiger partial charge in [-0.3, -0.25) is 9.59 Å². The Hall–Kier alpha value is -2.60. The van der Waals surface area contributed by atoms with Crippen molar-refractivity contribution >= 4 is 11.6 Å². The van der Waals surface area contributed by atoms with Crippen LogP contribution in [0.15, 0.2) is 29.4 Å². The van der Waals surface area contributed by atoms with Crippen molar-refractivity contribution in [2.45, 2.75) is 89.6 Å². The van der Waals surface area contributed by atoms with Crippen LogP contribution in [0.5, 0.6) is 17.2 Å². The molecule has 1 spiro atoms. The van der Waals surface area contributed by atoms with Gasteiger partial charge >= 0.3 is 0 Å². The highest BCUT2D eigenvalue weighted by molar-refractivity contribution is 6.18. The summed E-state index contributed by atoms with van der Waals surface area (Å²) < 4.78 is 19.8. The number of ketones is 2. The number of carbonyl (C=O) groups excluding carboxylic acids is 2. The molecule has 5 atom stereocenters. The normalized spacial score (nSPS) is 37.3. The Morgan fingerprint density at radius 1 is 1.21 bits per heavy atom. The molecule has 6 nitrogen and oxygen atoms in total. The Bertz CT molecular complexity index is 1250. The van der Waals surface area contributed by atoms with E-state index < -0.39 is 28.1 Å². The fourth-order valence-corrected chi connectivity index (χ4v) is 7.16.